The van der Waals surface area contributed by atoms with Crippen molar-refractivity contribution in [2.45, 2.75) is 19.8 Å². The molecule has 0 spiro atoms. The number of nitrogens with one attached hydrogen (secondary N) is 1. The Hall–Kier alpha value is -1.61. The molecule has 3 nitrogen and oxygen atoms in total. The van der Waals surface area contributed by atoms with Gasteiger partial charge in [0.2, 0.25) is 5.91 Å². The molecule has 0 bridgehead atoms. The molecule has 0 aliphatic carbocycles. The molecule has 0 atom stereocenters. The molecular formula is C14H15ClN2O. The largest absolute Gasteiger partial charge is 0.325 e. The second-order valence-corrected chi connectivity index (χ2v) is 4.55. The van der Waals surface area contributed by atoms with E-state index in [1.165, 1.54) is 0 Å². The number of nitrogens with zero attached hydrogens (tertiary/aromatic N) is 1. The number of hydrogen-bond donors (Lipinski definition) is 1. The van der Waals surface area contributed by atoms with Gasteiger partial charge in [0.1, 0.15) is 0 Å². The van der Waals surface area contributed by atoms with E-state index in [4.69, 9.17) is 11.6 Å². The van der Waals surface area contributed by atoms with Crippen molar-refractivity contribution < 1.29 is 4.79 Å². The lowest BCUT2D eigenvalue weighted by molar-refractivity contribution is -0.116. The minimum atomic E-state index is -0.00796. The van der Waals surface area contributed by atoms with Crippen LogP contribution in [0.25, 0.3) is 10.9 Å². The number of pyridine rings is 1. The fourth-order valence-electron chi connectivity index (χ4n) is 1.85. The van der Waals surface area contributed by atoms with Crippen molar-refractivity contribution in [3.63, 3.8) is 0 Å². The summed E-state index contributed by atoms with van der Waals surface area (Å²) in [6.45, 7) is 1.92. The van der Waals surface area contributed by atoms with Crippen molar-refractivity contribution in [1.82, 2.24) is 4.98 Å². The Morgan fingerprint density at radius 1 is 1.39 bits per heavy atom. The second kappa shape index (κ2) is 5.83. The van der Waals surface area contributed by atoms with Gasteiger partial charge in [-0.3, -0.25) is 9.78 Å². The molecule has 0 unspecified atom stereocenters. The number of carbonyl (C=O) groups is 1. The van der Waals surface area contributed by atoms with E-state index < -0.39 is 0 Å². The quantitative estimate of drug-likeness (QED) is 0.857. The van der Waals surface area contributed by atoms with Crippen LogP contribution >= 0.6 is 11.6 Å². The van der Waals surface area contributed by atoms with E-state index in [2.05, 4.69) is 10.3 Å². The average molecular weight is 263 g/mol. The van der Waals surface area contributed by atoms with E-state index >= 15 is 0 Å². The van der Waals surface area contributed by atoms with Gasteiger partial charge in [0.25, 0.3) is 0 Å². The van der Waals surface area contributed by atoms with Crippen molar-refractivity contribution in [1.29, 1.82) is 0 Å². The minimum Gasteiger partial charge on any atom is -0.325 e. The first-order chi connectivity index (χ1) is 8.70. The summed E-state index contributed by atoms with van der Waals surface area (Å²) in [6.07, 6.45) is 1.13. The number of amides is 1. The maximum Gasteiger partial charge on any atom is 0.224 e. The number of hydrogen-bond acceptors (Lipinski definition) is 2. The summed E-state index contributed by atoms with van der Waals surface area (Å²) in [5.74, 6) is 0.496. The smallest absolute Gasteiger partial charge is 0.224 e. The topological polar surface area (TPSA) is 42.0 Å². The van der Waals surface area contributed by atoms with Gasteiger partial charge in [-0.2, -0.15) is 0 Å². The SMILES string of the molecule is Cc1cc(NC(=O)CCCCl)c2ccccc2n1. The van der Waals surface area contributed by atoms with E-state index in [9.17, 15) is 4.79 Å². The summed E-state index contributed by atoms with van der Waals surface area (Å²) in [4.78, 5) is 16.2. The Morgan fingerprint density at radius 3 is 2.94 bits per heavy atom. The monoisotopic (exact) mass is 262 g/mol. The number of benzene rings is 1. The predicted octanol–water partition coefficient (Wildman–Crippen LogP) is 3.50. The molecule has 94 valence electrons. The highest BCUT2D eigenvalue weighted by atomic mass is 35.5. The lowest BCUT2D eigenvalue weighted by Crippen LogP contribution is -2.12. The number of aromatic nitrogens is 1. The number of carbonyl (C=O) groups excluding carboxylic acids is 1. The fraction of sp³-hybridized carbons (Fsp3) is 0.286. The summed E-state index contributed by atoms with van der Waals surface area (Å²) in [5.41, 5.74) is 2.60. The highest BCUT2D eigenvalue weighted by Crippen LogP contribution is 2.23. The number of para-hydroxylation sites is 1. The third-order valence-corrected chi connectivity index (χ3v) is 2.92. The van der Waals surface area contributed by atoms with E-state index in [0.29, 0.717) is 18.7 Å². The van der Waals surface area contributed by atoms with E-state index in [0.717, 1.165) is 22.3 Å². The molecule has 18 heavy (non-hydrogen) atoms. The number of anilines is 1. The third kappa shape index (κ3) is 2.99. The Morgan fingerprint density at radius 2 is 2.17 bits per heavy atom. The maximum absolute atomic E-state index is 11.7. The van der Waals surface area contributed by atoms with Gasteiger partial charge in [-0.05, 0) is 25.5 Å². The van der Waals surface area contributed by atoms with Gasteiger partial charge in [0.15, 0.2) is 0 Å². The molecule has 0 aliphatic rings. The molecule has 1 N–H and O–H groups in total. The van der Waals surface area contributed by atoms with E-state index in [1.54, 1.807) is 0 Å². The highest BCUT2D eigenvalue weighted by Gasteiger charge is 2.07. The zero-order valence-electron chi connectivity index (χ0n) is 10.2. The van der Waals surface area contributed by atoms with Gasteiger partial charge in [-0.25, -0.2) is 0 Å². The van der Waals surface area contributed by atoms with Crippen LogP contribution in [-0.2, 0) is 4.79 Å². The number of halogens is 1. The molecule has 1 heterocycles. The number of aryl methyl sites for hydroxylation is 1. The van der Waals surface area contributed by atoms with Crippen LogP contribution in [0, 0.1) is 6.92 Å². The number of rotatable bonds is 4. The van der Waals surface area contributed by atoms with Crippen LogP contribution in [0.5, 0.6) is 0 Å². The van der Waals surface area contributed by atoms with E-state index in [-0.39, 0.29) is 5.91 Å². The molecule has 1 aromatic carbocycles. The molecule has 0 saturated carbocycles. The molecule has 1 aromatic heterocycles. The molecule has 0 fully saturated rings. The van der Waals surface area contributed by atoms with Gasteiger partial charge in [0.05, 0.1) is 11.2 Å². The normalized spacial score (nSPS) is 10.6. The molecule has 0 saturated heterocycles. The fourth-order valence-corrected chi connectivity index (χ4v) is 1.98. The third-order valence-electron chi connectivity index (χ3n) is 2.66. The summed E-state index contributed by atoms with van der Waals surface area (Å²) in [5, 5.41) is 3.88. The van der Waals surface area contributed by atoms with Crippen molar-refractivity contribution in [2.75, 3.05) is 11.2 Å². The molecule has 2 aromatic rings. The molecular weight excluding hydrogens is 248 g/mol. The van der Waals surface area contributed by atoms with Crippen molar-refractivity contribution in [2.24, 2.45) is 0 Å². The van der Waals surface area contributed by atoms with Crippen LogP contribution < -0.4 is 5.32 Å². The Kier molecular flexibility index (Phi) is 4.15. The van der Waals surface area contributed by atoms with E-state index in [1.807, 2.05) is 37.3 Å². The second-order valence-electron chi connectivity index (χ2n) is 4.17. The predicted molar refractivity (Wildman–Crippen MR) is 75.1 cm³/mol. The van der Waals surface area contributed by atoms with Crippen LogP contribution in [-0.4, -0.2) is 16.8 Å². The van der Waals surface area contributed by atoms with Crippen LogP contribution in [0.1, 0.15) is 18.5 Å². The van der Waals surface area contributed by atoms with Crippen molar-refractivity contribution in [3.8, 4) is 0 Å². The zero-order chi connectivity index (χ0) is 13.0. The Balaban J connectivity index is 2.29. The Bertz CT molecular complexity index is 569. The lowest BCUT2D eigenvalue weighted by atomic mass is 10.1. The lowest BCUT2D eigenvalue weighted by Gasteiger charge is -2.09. The summed E-state index contributed by atoms with van der Waals surface area (Å²) < 4.78 is 0. The van der Waals surface area contributed by atoms with Crippen LogP contribution in [0.3, 0.4) is 0 Å². The average Bonchev–Trinajstić information content (AvgIpc) is 2.36. The first-order valence-corrected chi connectivity index (χ1v) is 6.46. The van der Waals surface area contributed by atoms with Gasteiger partial charge < -0.3 is 5.32 Å². The Labute approximate surface area is 111 Å². The summed E-state index contributed by atoms with van der Waals surface area (Å²) in [6, 6.07) is 9.66. The van der Waals surface area contributed by atoms with Crippen molar-refractivity contribution in [3.05, 3.63) is 36.0 Å². The first-order valence-electron chi connectivity index (χ1n) is 5.93. The van der Waals surface area contributed by atoms with Crippen LogP contribution in [0.4, 0.5) is 5.69 Å². The minimum absolute atomic E-state index is 0.00796. The molecule has 0 radical (unpaired) electrons. The zero-order valence-corrected chi connectivity index (χ0v) is 11.0. The highest BCUT2D eigenvalue weighted by molar-refractivity contribution is 6.18. The van der Waals surface area contributed by atoms with Crippen LogP contribution in [0.2, 0.25) is 0 Å². The molecule has 0 aliphatic heterocycles. The molecule has 4 heteroatoms. The van der Waals surface area contributed by atoms with Gasteiger partial charge in [0, 0.05) is 23.4 Å². The van der Waals surface area contributed by atoms with Gasteiger partial charge in [-0.1, -0.05) is 18.2 Å². The summed E-state index contributed by atoms with van der Waals surface area (Å²) in [7, 11) is 0. The molecule has 2 rings (SSSR count). The van der Waals surface area contributed by atoms with Gasteiger partial charge >= 0.3 is 0 Å². The van der Waals surface area contributed by atoms with Crippen LogP contribution in [0.15, 0.2) is 30.3 Å². The molecule has 1 amide bonds. The number of fused-ring (bicyclic) bond motifs is 1. The first kappa shape index (κ1) is 12.8. The van der Waals surface area contributed by atoms with Crippen molar-refractivity contribution >= 4 is 34.1 Å². The standard InChI is InChI=1S/C14H15ClN2O/c1-10-9-13(17-14(18)7-4-8-15)11-5-2-3-6-12(11)16-10/h2-3,5-6,9H,4,7-8H2,1H3,(H,16,17,18). The number of alkyl halides is 1. The van der Waals surface area contributed by atoms with Gasteiger partial charge in [-0.15, -0.1) is 11.6 Å². The summed E-state index contributed by atoms with van der Waals surface area (Å²) >= 11 is 5.58. The maximum atomic E-state index is 11.7.